The minimum Gasteiger partial charge on any atom is -0.465 e. The lowest BCUT2D eigenvalue weighted by atomic mass is 10.1. The highest BCUT2D eigenvalue weighted by molar-refractivity contribution is 5.99. The summed E-state index contributed by atoms with van der Waals surface area (Å²) in [6, 6.07) is 12.3. The van der Waals surface area contributed by atoms with Crippen molar-refractivity contribution in [3.63, 3.8) is 0 Å². The Bertz CT molecular complexity index is 1230. The molecule has 0 bridgehead atoms. The summed E-state index contributed by atoms with van der Waals surface area (Å²) in [5, 5.41) is 2.54. The van der Waals surface area contributed by atoms with Crippen molar-refractivity contribution in [1.29, 1.82) is 0 Å². The van der Waals surface area contributed by atoms with E-state index in [0.29, 0.717) is 23.3 Å². The molecule has 1 aliphatic rings. The third-order valence-electron chi connectivity index (χ3n) is 5.27. The first-order valence-electron chi connectivity index (χ1n) is 10.6. The lowest BCUT2D eigenvalue weighted by Gasteiger charge is -2.25. The van der Waals surface area contributed by atoms with Crippen LogP contribution in [0.2, 0.25) is 0 Å². The molecule has 2 N–H and O–H groups in total. The van der Waals surface area contributed by atoms with Crippen molar-refractivity contribution in [3.05, 3.63) is 59.4 Å². The molecule has 1 aliphatic heterocycles. The molecular formula is C24H26N4O5. The molecule has 33 heavy (non-hydrogen) atoms. The van der Waals surface area contributed by atoms with Gasteiger partial charge in [-0.3, -0.25) is 9.69 Å². The molecule has 9 heteroatoms. The number of aromatic nitrogens is 2. The average Bonchev–Trinajstić information content (AvgIpc) is 3.36. The zero-order valence-corrected chi connectivity index (χ0v) is 19.0. The van der Waals surface area contributed by atoms with Crippen molar-refractivity contribution in [2.45, 2.75) is 38.8 Å². The van der Waals surface area contributed by atoms with Gasteiger partial charge in [-0.2, -0.15) is 0 Å². The second kappa shape index (κ2) is 8.57. The number of para-hydroxylation sites is 1. The lowest BCUT2D eigenvalue weighted by Crippen LogP contribution is -2.42. The zero-order chi connectivity index (χ0) is 23.8. The number of methoxy groups -OCH3 is 1. The lowest BCUT2D eigenvalue weighted by molar-refractivity contribution is -0.118. The molecule has 4 rings (SSSR count). The smallest absolute Gasteiger partial charge is 0.408 e. The average molecular weight is 450 g/mol. The predicted molar refractivity (Wildman–Crippen MR) is 122 cm³/mol. The molecule has 2 aromatic carbocycles. The second-order valence-electron chi connectivity index (χ2n) is 8.81. The van der Waals surface area contributed by atoms with E-state index in [2.05, 4.69) is 15.3 Å². The molecule has 1 unspecified atom stereocenters. The number of hydrogen-bond acceptors (Lipinski definition) is 6. The van der Waals surface area contributed by atoms with Crippen LogP contribution < -0.4 is 10.2 Å². The third kappa shape index (κ3) is 4.67. The van der Waals surface area contributed by atoms with Crippen LogP contribution in [0.25, 0.3) is 11.0 Å². The second-order valence-corrected chi connectivity index (χ2v) is 8.81. The van der Waals surface area contributed by atoms with Gasteiger partial charge < -0.3 is 19.8 Å². The van der Waals surface area contributed by atoms with Crippen molar-refractivity contribution in [2.24, 2.45) is 0 Å². The van der Waals surface area contributed by atoms with Gasteiger partial charge in [0.25, 0.3) is 0 Å². The molecule has 172 valence electrons. The number of ether oxygens (including phenoxy) is 2. The van der Waals surface area contributed by atoms with Crippen molar-refractivity contribution in [1.82, 2.24) is 15.3 Å². The van der Waals surface area contributed by atoms with E-state index in [1.807, 2.05) is 24.3 Å². The number of esters is 1. The quantitative estimate of drug-likeness (QED) is 0.588. The molecule has 9 nitrogen and oxygen atoms in total. The maximum absolute atomic E-state index is 13.2. The standard InChI is InChI=1S/C24H26N4O5/c1-24(2,3)33-23(31)25-13-20(29)28-18-8-6-5-7-14(18)12-19(28)21-26-16-10-9-15(22(30)32-4)11-17(16)27-21/h5-11,19H,12-13H2,1-4H3,(H,25,31)(H,26,27). The fraction of sp³-hybridized carbons (Fsp3) is 0.333. The topological polar surface area (TPSA) is 114 Å². The first kappa shape index (κ1) is 22.3. The van der Waals surface area contributed by atoms with Gasteiger partial charge in [0, 0.05) is 12.1 Å². The fourth-order valence-electron chi connectivity index (χ4n) is 3.89. The van der Waals surface area contributed by atoms with Gasteiger partial charge in [0.2, 0.25) is 5.91 Å². The Balaban J connectivity index is 1.61. The van der Waals surface area contributed by atoms with Crippen LogP contribution in [-0.4, -0.2) is 47.2 Å². The number of nitrogens with one attached hydrogen (secondary N) is 2. The van der Waals surface area contributed by atoms with E-state index >= 15 is 0 Å². The molecule has 0 radical (unpaired) electrons. The summed E-state index contributed by atoms with van der Waals surface area (Å²) in [4.78, 5) is 46.7. The van der Waals surface area contributed by atoms with E-state index < -0.39 is 17.7 Å². The minimum absolute atomic E-state index is 0.216. The molecular weight excluding hydrogens is 424 g/mol. The van der Waals surface area contributed by atoms with Crippen LogP contribution in [0.15, 0.2) is 42.5 Å². The van der Waals surface area contributed by atoms with E-state index in [4.69, 9.17) is 9.47 Å². The van der Waals surface area contributed by atoms with Crippen LogP contribution in [0.4, 0.5) is 10.5 Å². The van der Waals surface area contributed by atoms with E-state index in [-0.39, 0.29) is 18.5 Å². The number of imidazole rings is 1. The number of carbonyl (C=O) groups is 3. The summed E-state index contributed by atoms with van der Waals surface area (Å²) in [6.07, 6.45) is -0.0863. The van der Waals surface area contributed by atoms with Gasteiger partial charge in [-0.05, 0) is 50.6 Å². The van der Waals surface area contributed by atoms with E-state index in [0.717, 1.165) is 16.8 Å². The summed E-state index contributed by atoms with van der Waals surface area (Å²) in [5.41, 5.74) is 2.86. The van der Waals surface area contributed by atoms with Crippen LogP contribution in [-0.2, 0) is 20.7 Å². The number of benzene rings is 2. The molecule has 0 spiro atoms. The molecule has 0 fully saturated rings. The number of aromatic amines is 1. The molecule has 2 heterocycles. The van der Waals surface area contributed by atoms with Gasteiger partial charge >= 0.3 is 12.1 Å². The highest BCUT2D eigenvalue weighted by Gasteiger charge is 2.36. The van der Waals surface area contributed by atoms with Crippen molar-refractivity contribution in [3.8, 4) is 0 Å². The number of amides is 2. The molecule has 3 aromatic rings. The molecule has 1 atom stereocenters. The number of hydrogen-bond donors (Lipinski definition) is 2. The highest BCUT2D eigenvalue weighted by Crippen LogP contribution is 2.39. The van der Waals surface area contributed by atoms with Gasteiger partial charge in [0.1, 0.15) is 18.0 Å². The number of anilines is 1. The maximum atomic E-state index is 13.2. The van der Waals surface area contributed by atoms with Crippen LogP contribution in [0.3, 0.4) is 0 Å². The Labute approximate surface area is 191 Å². The predicted octanol–water partition coefficient (Wildman–Crippen LogP) is 3.50. The Morgan fingerprint density at radius 2 is 1.94 bits per heavy atom. The van der Waals surface area contributed by atoms with Gasteiger partial charge in [0.15, 0.2) is 0 Å². The molecule has 0 aliphatic carbocycles. The van der Waals surface area contributed by atoms with Crippen LogP contribution in [0, 0.1) is 0 Å². The maximum Gasteiger partial charge on any atom is 0.408 e. The summed E-state index contributed by atoms with van der Waals surface area (Å²) in [5.74, 6) is -0.139. The first-order chi connectivity index (χ1) is 15.7. The summed E-state index contributed by atoms with van der Waals surface area (Å²) in [6.45, 7) is 5.06. The SMILES string of the molecule is COC(=O)c1ccc2[nH]c(C3Cc4ccccc4N3C(=O)CNC(=O)OC(C)(C)C)nc2c1. The molecule has 2 amide bonds. The monoisotopic (exact) mass is 450 g/mol. The van der Waals surface area contributed by atoms with Gasteiger partial charge in [-0.25, -0.2) is 14.6 Å². The number of fused-ring (bicyclic) bond motifs is 2. The van der Waals surface area contributed by atoms with Crippen molar-refractivity contribution in [2.75, 3.05) is 18.6 Å². The van der Waals surface area contributed by atoms with E-state index in [9.17, 15) is 14.4 Å². The molecule has 0 saturated carbocycles. The van der Waals surface area contributed by atoms with E-state index in [1.165, 1.54) is 7.11 Å². The minimum atomic E-state index is -0.659. The van der Waals surface area contributed by atoms with Crippen LogP contribution in [0.1, 0.15) is 48.6 Å². The number of carbonyl (C=O) groups excluding carboxylic acids is 3. The Hall–Kier alpha value is -3.88. The summed E-state index contributed by atoms with van der Waals surface area (Å²) < 4.78 is 10.0. The first-order valence-corrected chi connectivity index (χ1v) is 10.6. The Morgan fingerprint density at radius 1 is 1.18 bits per heavy atom. The molecule has 0 saturated heterocycles. The zero-order valence-electron chi connectivity index (χ0n) is 19.0. The largest absolute Gasteiger partial charge is 0.465 e. The summed E-state index contributed by atoms with van der Waals surface area (Å²) >= 11 is 0. The third-order valence-corrected chi connectivity index (χ3v) is 5.27. The summed E-state index contributed by atoms with van der Waals surface area (Å²) in [7, 11) is 1.33. The van der Waals surface area contributed by atoms with Crippen molar-refractivity contribution < 1.29 is 23.9 Å². The number of alkyl carbamates (subject to hydrolysis) is 1. The molecule has 1 aromatic heterocycles. The number of rotatable bonds is 4. The Kier molecular flexibility index (Phi) is 5.80. The van der Waals surface area contributed by atoms with Crippen molar-refractivity contribution >= 4 is 34.7 Å². The number of nitrogens with zero attached hydrogens (tertiary/aromatic N) is 2. The van der Waals surface area contributed by atoms with Gasteiger partial charge in [0.05, 0.1) is 29.7 Å². The number of H-pyrrole nitrogens is 1. The highest BCUT2D eigenvalue weighted by atomic mass is 16.6. The normalized spacial score (nSPS) is 15.3. The van der Waals surface area contributed by atoms with Crippen LogP contribution >= 0.6 is 0 Å². The van der Waals surface area contributed by atoms with Gasteiger partial charge in [-0.1, -0.05) is 18.2 Å². The van der Waals surface area contributed by atoms with Gasteiger partial charge in [-0.15, -0.1) is 0 Å². The van der Waals surface area contributed by atoms with Crippen LogP contribution in [0.5, 0.6) is 0 Å². The van der Waals surface area contributed by atoms with E-state index in [1.54, 1.807) is 43.9 Å². The Morgan fingerprint density at radius 3 is 2.67 bits per heavy atom. The fourth-order valence-corrected chi connectivity index (χ4v) is 3.89.